The number of aryl methyl sites for hydroxylation is 1. The molecule has 1 aromatic rings. The molecule has 0 unspecified atom stereocenters. The van der Waals surface area contributed by atoms with Crippen LogP contribution in [-0.2, 0) is 0 Å². The van der Waals surface area contributed by atoms with E-state index in [0.29, 0.717) is 5.92 Å². The van der Waals surface area contributed by atoms with Gasteiger partial charge >= 0.3 is 0 Å². The molecule has 3 heteroatoms. The highest BCUT2D eigenvalue weighted by Gasteiger charge is 2.11. The van der Waals surface area contributed by atoms with E-state index in [2.05, 4.69) is 49.2 Å². The van der Waals surface area contributed by atoms with E-state index in [-0.39, 0.29) is 0 Å². The number of ether oxygens (including phenoxy) is 1. The molecule has 1 N–H and O–H groups in total. The van der Waals surface area contributed by atoms with Crippen LogP contribution in [0.25, 0.3) is 0 Å². The first kappa shape index (κ1) is 14.2. The topological polar surface area (TPSA) is 24.5 Å². The lowest BCUT2D eigenvalue weighted by Crippen LogP contribution is -2.27. The van der Waals surface area contributed by atoms with Crippen LogP contribution in [0.1, 0.15) is 25.8 Å². The van der Waals surface area contributed by atoms with Gasteiger partial charge in [0.1, 0.15) is 5.75 Å². The van der Waals surface area contributed by atoms with E-state index in [0.717, 1.165) is 38.5 Å². The molecule has 1 aliphatic heterocycles. The van der Waals surface area contributed by atoms with Crippen LogP contribution in [-0.4, -0.2) is 32.8 Å². The van der Waals surface area contributed by atoms with Crippen LogP contribution < -0.4 is 15.0 Å². The zero-order valence-corrected chi connectivity index (χ0v) is 12.4. The van der Waals surface area contributed by atoms with Crippen LogP contribution in [0.2, 0.25) is 0 Å². The molecule has 106 valence electrons. The summed E-state index contributed by atoms with van der Waals surface area (Å²) in [5, 5.41) is 3.44. The summed E-state index contributed by atoms with van der Waals surface area (Å²) >= 11 is 0. The smallest absolute Gasteiger partial charge is 0.122 e. The number of benzene rings is 1. The van der Waals surface area contributed by atoms with Gasteiger partial charge in [0, 0.05) is 25.3 Å². The first-order valence-electron chi connectivity index (χ1n) is 7.36. The molecule has 0 spiro atoms. The predicted molar refractivity (Wildman–Crippen MR) is 81.2 cm³/mol. The molecule has 0 radical (unpaired) electrons. The maximum absolute atomic E-state index is 5.83. The third-order valence-electron chi connectivity index (χ3n) is 3.44. The Kier molecular flexibility index (Phi) is 5.08. The van der Waals surface area contributed by atoms with Gasteiger partial charge in [-0.25, -0.2) is 0 Å². The minimum atomic E-state index is 0.566. The van der Waals surface area contributed by atoms with Gasteiger partial charge in [-0.15, -0.1) is 0 Å². The molecule has 2 rings (SSSR count). The summed E-state index contributed by atoms with van der Waals surface area (Å²) in [7, 11) is 0. The Morgan fingerprint density at radius 1 is 1.26 bits per heavy atom. The van der Waals surface area contributed by atoms with Gasteiger partial charge in [0.25, 0.3) is 0 Å². The molecular formula is C16H26N2O. The predicted octanol–water partition coefficient (Wildman–Crippen LogP) is 2.83. The second-order valence-corrected chi connectivity index (χ2v) is 5.75. The normalized spacial score (nSPS) is 16.5. The standard InChI is InChI=1S/C16H26N2O/c1-13(2)12-19-16-6-5-15(11-14(16)3)18-9-4-7-17-8-10-18/h5-6,11,13,17H,4,7-10,12H2,1-3H3. The summed E-state index contributed by atoms with van der Waals surface area (Å²) in [4.78, 5) is 2.46. The Bertz CT molecular complexity index is 396. The fraction of sp³-hybridized carbons (Fsp3) is 0.625. The summed E-state index contributed by atoms with van der Waals surface area (Å²) in [5.74, 6) is 1.58. The number of hydrogen-bond acceptors (Lipinski definition) is 3. The van der Waals surface area contributed by atoms with Crippen molar-refractivity contribution in [1.29, 1.82) is 0 Å². The van der Waals surface area contributed by atoms with E-state index in [1.807, 2.05) is 0 Å². The van der Waals surface area contributed by atoms with E-state index in [1.165, 1.54) is 17.7 Å². The third kappa shape index (κ3) is 4.13. The van der Waals surface area contributed by atoms with Crippen molar-refractivity contribution in [2.24, 2.45) is 5.92 Å². The summed E-state index contributed by atoms with van der Waals surface area (Å²) in [6, 6.07) is 6.56. The van der Waals surface area contributed by atoms with E-state index in [1.54, 1.807) is 0 Å². The summed E-state index contributed by atoms with van der Waals surface area (Å²) in [6.45, 7) is 11.7. The Morgan fingerprint density at radius 2 is 2.11 bits per heavy atom. The Balaban J connectivity index is 2.04. The highest BCUT2D eigenvalue weighted by molar-refractivity contribution is 5.53. The highest BCUT2D eigenvalue weighted by Crippen LogP contribution is 2.25. The molecule has 0 amide bonds. The first-order valence-corrected chi connectivity index (χ1v) is 7.36. The van der Waals surface area contributed by atoms with Crippen molar-refractivity contribution in [2.45, 2.75) is 27.2 Å². The van der Waals surface area contributed by atoms with Crippen molar-refractivity contribution in [3.8, 4) is 5.75 Å². The zero-order chi connectivity index (χ0) is 13.7. The summed E-state index contributed by atoms with van der Waals surface area (Å²) in [5.41, 5.74) is 2.55. The second kappa shape index (κ2) is 6.80. The largest absolute Gasteiger partial charge is 0.493 e. The quantitative estimate of drug-likeness (QED) is 0.903. The Labute approximate surface area is 116 Å². The summed E-state index contributed by atoms with van der Waals surface area (Å²) < 4.78 is 5.83. The van der Waals surface area contributed by atoms with Gasteiger partial charge in [0.05, 0.1) is 6.61 Å². The maximum atomic E-state index is 5.83. The van der Waals surface area contributed by atoms with Crippen molar-refractivity contribution >= 4 is 5.69 Å². The molecule has 1 saturated heterocycles. The van der Waals surface area contributed by atoms with Crippen LogP contribution in [0.5, 0.6) is 5.75 Å². The highest BCUT2D eigenvalue weighted by atomic mass is 16.5. The van der Waals surface area contributed by atoms with E-state index < -0.39 is 0 Å². The van der Waals surface area contributed by atoms with Crippen LogP contribution in [0.15, 0.2) is 18.2 Å². The average Bonchev–Trinajstić information content (AvgIpc) is 2.66. The number of hydrogen-bond donors (Lipinski definition) is 1. The van der Waals surface area contributed by atoms with Crippen LogP contribution >= 0.6 is 0 Å². The number of nitrogens with one attached hydrogen (secondary N) is 1. The zero-order valence-electron chi connectivity index (χ0n) is 12.4. The molecular weight excluding hydrogens is 236 g/mol. The maximum Gasteiger partial charge on any atom is 0.122 e. The molecule has 1 fully saturated rings. The fourth-order valence-electron chi connectivity index (χ4n) is 2.35. The molecule has 3 nitrogen and oxygen atoms in total. The van der Waals surface area contributed by atoms with Gasteiger partial charge in [-0.1, -0.05) is 13.8 Å². The van der Waals surface area contributed by atoms with E-state index in [4.69, 9.17) is 4.74 Å². The lowest BCUT2D eigenvalue weighted by atomic mass is 10.1. The lowest BCUT2D eigenvalue weighted by molar-refractivity contribution is 0.269. The molecule has 0 bridgehead atoms. The third-order valence-corrected chi connectivity index (χ3v) is 3.44. The van der Waals surface area contributed by atoms with E-state index >= 15 is 0 Å². The molecule has 19 heavy (non-hydrogen) atoms. The SMILES string of the molecule is Cc1cc(N2CCCNCC2)ccc1OCC(C)C. The van der Waals surface area contributed by atoms with Crippen molar-refractivity contribution in [3.05, 3.63) is 23.8 Å². The molecule has 1 aliphatic rings. The fourth-order valence-corrected chi connectivity index (χ4v) is 2.35. The van der Waals surface area contributed by atoms with Crippen LogP contribution in [0.3, 0.4) is 0 Å². The number of anilines is 1. The first-order chi connectivity index (χ1) is 9.16. The summed E-state index contributed by atoms with van der Waals surface area (Å²) in [6.07, 6.45) is 1.21. The molecule has 0 aromatic heterocycles. The van der Waals surface area contributed by atoms with Crippen molar-refractivity contribution in [2.75, 3.05) is 37.7 Å². The van der Waals surface area contributed by atoms with Crippen molar-refractivity contribution in [1.82, 2.24) is 5.32 Å². The van der Waals surface area contributed by atoms with Crippen LogP contribution in [0.4, 0.5) is 5.69 Å². The average molecular weight is 262 g/mol. The van der Waals surface area contributed by atoms with Gasteiger partial charge in [-0.3, -0.25) is 0 Å². The molecule has 0 saturated carbocycles. The molecule has 1 heterocycles. The number of rotatable bonds is 4. The van der Waals surface area contributed by atoms with E-state index in [9.17, 15) is 0 Å². The monoisotopic (exact) mass is 262 g/mol. The minimum absolute atomic E-state index is 0.566. The molecule has 0 aliphatic carbocycles. The Morgan fingerprint density at radius 3 is 2.84 bits per heavy atom. The minimum Gasteiger partial charge on any atom is -0.493 e. The molecule has 1 aromatic carbocycles. The number of nitrogens with zero attached hydrogens (tertiary/aromatic N) is 1. The van der Waals surface area contributed by atoms with Crippen LogP contribution in [0, 0.1) is 12.8 Å². The Hall–Kier alpha value is -1.22. The van der Waals surface area contributed by atoms with Crippen molar-refractivity contribution < 1.29 is 4.74 Å². The van der Waals surface area contributed by atoms with Gasteiger partial charge < -0.3 is 15.0 Å². The molecule has 0 atom stereocenters. The van der Waals surface area contributed by atoms with Gasteiger partial charge in [0.15, 0.2) is 0 Å². The van der Waals surface area contributed by atoms with Gasteiger partial charge in [-0.2, -0.15) is 0 Å². The van der Waals surface area contributed by atoms with Gasteiger partial charge in [-0.05, 0) is 49.6 Å². The van der Waals surface area contributed by atoms with Gasteiger partial charge in [0.2, 0.25) is 0 Å². The van der Waals surface area contributed by atoms with Crippen molar-refractivity contribution in [3.63, 3.8) is 0 Å². The lowest BCUT2D eigenvalue weighted by Gasteiger charge is -2.23. The second-order valence-electron chi connectivity index (χ2n) is 5.75.